The van der Waals surface area contributed by atoms with Gasteiger partial charge in [-0.3, -0.25) is 4.79 Å². The summed E-state index contributed by atoms with van der Waals surface area (Å²) < 4.78 is 0. The molecule has 1 aromatic carbocycles. The summed E-state index contributed by atoms with van der Waals surface area (Å²) in [7, 11) is 0. The molecule has 0 bridgehead atoms. The van der Waals surface area contributed by atoms with Crippen LogP contribution < -0.4 is 4.90 Å². The number of hydrogen-bond acceptors (Lipinski definition) is 2. The molecule has 3 heteroatoms. The molecule has 1 heterocycles. The van der Waals surface area contributed by atoms with Crippen molar-refractivity contribution in [3.8, 4) is 0 Å². The minimum Gasteiger partial charge on any atom is -0.481 e. The second-order valence-corrected chi connectivity index (χ2v) is 5.53. The first kappa shape index (κ1) is 11.6. The van der Waals surface area contributed by atoms with Crippen LogP contribution in [0.2, 0.25) is 0 Å². The van der Waals surface area contributed by atoms with Gasteiger partial charge in [0.25, 0.3) is 0 Å². The van der Waals surface area contributed by atoms with E-state index in [-0.39, 0.29) is 11.8 Å². The number of benzene rings is 1. The van der Waals surface area contributed by atoms with Gasteiger partial charge in [0, 0.05) is 24.2 Å². The Hall–Kier alpha value is -1.51. The Morgan fingerprint density at radius 3 is 2.72 bits per heavy atom. The number of anilines is 1. The highest BCUT2D eigenvalue weighted by Gasteiger charge is 2.38. The molecule has 1 aromatic rings. The SMILES string of the molecule is CC(C(=O)O)C1CN(C2CCC2)c2ccccc21. The number of aliphatic carboxylic acids is 1. The van der Waals surface area contributed by atoms with Gasteiger partial charge < -0.3 is 10.0 Å². The number of nitrogens with zero attached hydrogens (tertiary/aromatic N) is 1. The molecule has 0 spiro atoms. The number of para-hydroxylation sites is 1. The van der Waals surface area contributed by atoms with Crippen molar-refractivity contribution in [3.63, 3.8) is 0 Å². The number of carboxylic acids is 1. The van der Waals surface area contributed by atoms with Crippen molar-refractivity contribution in [1.29, 1.82) is 0 Å². The Morgan fingerprint density at radius 2 is 2.11 bits per heavy atom. The van der Waals surface area contributed by atoms with Crippen LogP contribution in [-0.2, 0) is 4.79 Å². The zero-order chi connectivity index (χ0) is 12.7. The van der Waals surface area contributed by atoms with Gasteiger partial charge in [-0.05, 0) is 30.9 Å². The molecule has 1 aliphatic heterocycles. The van der Waals surface area contributed by atoms with Crippen LogP contribution >= 0.6 is 0 Å². The molecule has 0 aromatic heterocycles. The van der Waals surface area contributed by atoms with Crippen LogP contribution in [0.5, 0.6) is 0 Å². The predicted molar refractivity (Wildman–Crippen MR) is 71.0 cm³/mol. The van der Waals surface area contributed by atoms with Gasteiger partial charge in [0.05, 0.1) is 5.92 Å². The maximum Gasteiger partial charge on any atom is 0.306 e. The first-order chi connectivity index (χ1) is 8.68. The molecule has 2 aliphatic rings. The Bertz CT molecular complexity index is 467. The van der Waals surface area contributed by atoms with Crippen molar-refractivity contribution in [3.05, 3.63) is 29.8 Å². The topological polar surface area (TPSA) is 40.5 Å². The summed E-state index contributed by atoms with van der Waals surface area (Å²) >= 11 is 0. The summed E-state index contributed by atoms with van der Waals surface area (Å²) in [5.74, 6) is -0.860. The van der Waals surface area contributed by atoms with E-state index >= 15 is 0 Å². The molecule has 3 rings (SSSR count). The quantitative estimate of drug-likeness (QED) is 0.890. The molecule has 2 unspecified atom stereocenters. The lowest BCUT2D eigenvalue weighted by Gasteiger charge is -2.37. The maximum atomic E-state index is 11.2. The zero-order valence-electron chi connectivity index (χ0n) is 10.7. The minimum atomic E-state index is -0.690. The highest BCUT2D eigenvalue weighted by molar-refractivity contribution is 5.73. The third-order valence-electron chi connectivity index (χ3n) is 4.55. The van der Waals surface area contributed by atoms with E-state index in [1.165, 1.54) is 30.5 Å². The van der Waals surface area contributed by atoms with Crippen molar-refractivity contribution in [2.45, 2.75) is 38.1 Å². The molecule has 0 radical (unpaired) electrons. The summed E-state index contributed by atoms with van der Waals surface area (Å²) in [6.07, 6.45) is 3.81. The number of fused-ring (bicyclic) bond motifs is 1. The van der Waals surface area contributed by atoms with E-state index in [4.69, 9.17) is 0 Å². The van der Waals surface area contributed by atoms with E-state index in [1.807, 2.05) is 13.0 Å². The lowest BCUT2D eigenvalue weighted by molar-refractivity contribution is -0.141. The Kier molecular flexibility index (Phi) is 2.77. The highest BCUT2D eigenvalue weighted by atomic mass is 16.4. The van der Waals surface area contributed by atoms with E-state index in [0.717, 1.165) is 6.54 Å². The van der Waals surface area contributed by atoms with Crippen molar-refractivity contribution in [2.75, 3.05) is 11.4 Å². The van der Waals surface area contributed by atoms with Crippen LogP contribution in [0.25, 0.3) is 0 Å². The van der Waals surface area contributed by atoms with Crippen LogP contribution in [0.1, 0.15) is 37.7 Å². The molecule has 0 amide bonds. The number of carboxylic acid groups (broad SMARTS) is 1. The minimum absolute atomic E-state index is 0.138. The van der Waals surface area contributed by atoms with Gasteiger partial charge in [-0.2, -0.15) is 0 Å². The smallest absolute Gasteiger partial charge is 0.306 e. The predicted octanol–water partition coefficient (Wildman–Crippen LogP) is 2.86. The van der Waals surface area contributed by atoms with Gasteiger partial charge in [0.1, 0.15) is 0 Å². The van der Waals surface area contributed by atoms with E-state index in [9.17, 15) is 9.90 Å². The van der Waals surface area contributed by atoms with Crippen LogP contribution in [-0.4, -0.2) is 23.7 Å². The third kappa shape index (κ3) is 1.69. The van der Waals surface area contributed by atoms with Crippen molar-refractivity contribution < 1.29 is 9.90 Å². The second kappa shape index (κ2) is 4.30. The summed E-state index contributed by atoms with van der Waals surface area (Å²) in [6.45, 7) is 2.70. The fourth-order valence-corrected chi connectivity index (χ4v) is 3.11. The molecule has 18 heavy (non-hydrogen) atoms. The van der Waals surface area contributed by atoms with E-state index in [2.05, 4.69) is 23.1 Å². The molecule has 96 valence electrons. The standard InChI is InChI=1S/C15H19NO2/c1-10(15(17)18)13-9-16(11-5-4-6-11)14-8-3-2-7-12(13)14/h2-3,7-8,10-11,13H,4-6,9H2,1H3,(H,17,18). The van der Waals surface area contributed by atoms with Crippen molar-refractivity contribution >= 4 is 11.7 Å². The first-order valence-electron chi connectivity index (χ1n) is 6.77. The average Bonchev–Trinajstić information content (AvgIpc) is 2.66. The lowest BCUT2D eigenvalue weighted by Crippen LogP contribution is -2.40. The lowest BCUT2D eigenvalue weighted by atomic mass is 9.89. The molecule has 1 N–H and O–H groups in total. The summed E-state index contributed by atoms with van der Waals surface area (Å²) in [6, 6.07) is 8.95. The van der Waals surface area contributed by atoms with Crippen LogP contribution in [0, 0.1) is 5.92 Å². The maximum absolute atomic E-state index is 11.2. The van der Waals surface area contributed by atoms with E-state index < -0.39 is 5.97 Å². The number of carbonyl (C=O) groups is 1. The van der Waals surface area contributed by atoms with E-state index in [0.29, 0.717) is 6.04 Å². The molecule has 1 fully saturated rings. The van der Waals surface area contributed by atoms with Gasteiger partial charge in [0.2, 0.25) is 0 Å². The average molecular weight is 245 g/mol. The molecule has 1 aliphatic carbocycles. The van der Waals surface area contributed by atoms with Crippen molar-refractivity contribution in [1.82, 2.24) is 0 Å². The van der Waals surface area contributed by atoms with Gasteiger partial charge in [-0.25, -0.2) is 0 Å². The molecule has 2 atom stereocenters. The van der Waals surface area contributed by atoms with Gasteiger partial charge >= 0.3 is 5.97 Å². The third-order valence-corrected chi connectivity index (χ3v) is 4.55. The normalized spacial score (nSPS) is 24.5. The zero-order valence-corrected chi connectivity index (χ0v) is 10.7. The Morgan fingerprint density at radius 1 is 1.39 bits per heavy atom. The van der Waals surface area contributed by atoms with Gasteiger partial charge in [-0.15, -0.1) is 0 Å². The second-order valence-electron chi connectivity index (χ2n) is 5.53. The van der Waals surface area contributed by atoms with E-state index in [1.54, 1.807) is 0 Å². The van der Waals surface area contributed by atoms with Gasteiger partial charge in [-0.1, -0.05) is 25.1 Å². The van der Waals surface area contributed by atoms with Crippen molar-refractivity contribution in [2.24, 2.45) is 5.92 Å². The molecular formula is C15H19NO2. The Labute approximate surface area is 107 Å². The summed E-state index contributed by atoms with van der Waals surface area (Å²) in [5.41, 5.74) is 2.49. The molecule has 1 saturated carbocycles. The van der Waals surface area contributed by atoms with Crippen LogP contribution in [0.4, 0.5) is 5.69 Å². The fourth-order valence-electron chi connectivity index (χ4n) is 3.11. The molecule has 0 saturated heterocycles. The summed E-state index contributed by atoms with van der Waals surface area (Å²) in [5, 5.41) is 9.25. The van der Waals surface area contributed by atoms with Crippen LogP contribution in [0.3, 0.4) is 0 Å². The first-order valence-corrected chi connectivity index (χ1v) is 6.77. The molecular weight excluding hydrogens is 226 g/mol. The number of rotatable bonds is 3. The highest BCUT2D eigenvalue weighted by Crippen LogP contribution is 2.44. The number of hydrogen-bond donors (Lipinski definition) is 1. The fraction of sp³-hybridized carbons (Fsp3) is 0.533. The largest absolute Gasteiger partial charge is 0.481 e. The summed E-state index contributed by atoms with van der Waals surface area (Å²) in [4.78, 5) is 13.7. The monoisotopic (exact) mass is 245 g/mol. The molecule has 3 nitrogen and oxygen atoms in total. The Balaban J connectivity index is 1.93. The van der Waals surface area contributed by atoms with Gasteiger partial charge in [0.15, 0.2) is 0 Å². The van der Waals surface area contributed by atoms with Crippen LogP contribution in [0.15, 0.2) is 24.3 Å².